The van der Waals surface area contributed by atoms with Crippen molar-refractivity contribution in [2.75, 3.05) is 6.16 Å². The second-order valence-electron chi connectivity index (χ2n) is 14.7. The average Bonchev–Trinajstić information content (AvgIpc) is 3.62. The third kappa shape index (κ3) is 7.83. The Morgan fingerprint density at radius 1 is 0.447 bits per heavy atom. The molecule has 1 spiro atoms. The van der Waals surface area contributed by atoms with Crippen molar-refractivity contribution in [3.63, 3.8) is 0 Å². The first-order valence-corrected chi connectivity index (χ1v) is 19.8. The fourth-order valence-electron chi connectivity index (χ4n) is 10.1. The van der Waals surface area contributed by atoms with E-state index in [1.165, 1.54) is 109 Å². The van der Waals surface area contributed by atoms with Gasteiger partial charge in [0.05, 0.1) is 0 Å². The van der Waals surface area contributed by atoms with Crippen molar-refractivity contribution in [3.8, 4) is 0 Å². The van der Waals surface area contributed by atoms with Crippen molar-refractivity contribution < 1.29 is 0 Å². The molecule has 0 N–H and O–H groups in total. The number of fused-ring (bicyclic) bond motifs is 6. The van der Waals surface area contributed by atoms with Crippen LogP contribution in [0.2, 0.25) is 0 Å². The van der Waals surface area contributed by atoms with Crippen molar-refractivity contribution in [2.24, 2.45) is 40.9 Å². The molecule has 7 saturated carbocycles. The molecule has 0 amide bonds. The molecule has 1 heterocycles. The summed E-state index contributed by atoms with van der Waals surface area (Å²) in [6.45, 7) is 6.31. The highest BCUT2D eigenvalue weighted by Crippen LogP contribution is 2.70. The number of hydrogen-bond acceptors (Lipinski definition) is 0. The van der Waals surface area contributed by atoms with Gasteiger partial charge in [-0.1, -0.05) is 149 Å². The predicted molar refractivity (Wildman–Crippen MR) is 173 cm³/mol. The van der Waals surface area contributed by atoms with Gasteiger partial charge in [-0.25, -0.2) is 0 Å². The molecule has 222 valence electrons. The minimum absolute atomic E-state index is 0.859. The lowest BCUT2D eigenvalue weighted by Gasteiger charge is -2.61. The minimum Gasteiger partial charge on any atom is -0.118 e. The van der Waals surface area contributed by atoms with E-state index in [-0.39, 0.29) is 0 Å². The van der Waals surface area contributed by atoms with Crippen molar-refractivity contribution in [1.29, 1.82) is 0 Å². The zero-order valence-electron chi connectivity index (χ0n) is 26.4. The number of rotatable bonds is 0. The molecule has 0 aromatic heterocycles. The SMILES string of the molecule is C1CCC1.C1CCC2C(C1)CC1CCCCC1C21CPC2CCCCC21.C1CCCC1.CC.CC1CCC1. The summed E-state index contributed by atoms with van der Waals surface area (Å²) in [5.74, 6) is 6.88. The van der Waals surface area contributed by atoms with Crippen LogP contribution >= 0.6 is 8.58 Å². The Morgan fingerprint density at radius 3 is 1.26 bits per heavy atom. The molecule has 0 aromatic carbocycles. The molecule has 0 radical (unpaired) electrons. The van der Waals surface area contributed by atoms with Crippen LogP contribution in [0.3, 0.4) is 0 Å². The van der Waals surface area contributed by atoms with E-state index in [1.807, 2.05) is 13.8 Å². The highest BCUT2D eigenvalue weighted by molar-refractivity contribution is 7.39. The van der Waals surface area contributed by atoms with Crippen LogP contribution < -0.4 is 0 Å². The predicted octanol–water partition coefficient (Wildman–Crippen LogP) is 12.6. The third-order valence-electron chi connectivity index (χ3n) is 12.6. The molecule has 38 heavy (non-hydrogen) atoms. The van der Waals surface area contributed by atoms with Gasteiger partial charge in [-0.15, -0.1) is 8.58 Å². The monoisotopic (exact) mass is 545 g/mol. The van der Waals surface area contributed by atoms with E-state index >= 15 is 0 Å². The van der Waals surface area contributed by atoms with Crippen LogP contribution in [0.25, 0.3) is 0 Å². The lowest BCUT2D eigenvalue weighted by Crippen LogP contribution is -2.56. The Labute approximate surface area is 242 Å². The summed E-state index contributed by atoms with van der Waals surface area (Å²) in [5, 5.41) is 0. The van der Waals surface area contributed by atoms with E-state index in [0.29, 0.717) is 0 Å². The first-order chi connectivity index (χ1) is 18.8. The third-order valence-corrected chi connectivity index (χ3v) is 14.6. The fourth-order valence-corrected chi connectivity index (χ4v) is 12.6. The number of hydrogen-bond donors (Lipinski definition) is 0. The van der Waals surface area contributed by atoms with Crippen molar-refractivity contribution >= 4 is 8.58 Å². The molecule has 7 unspecified atom stereocenters. The van der Waals surface area contributed by atoms with E-state index in [1.54, 1.807) is 89.6 Å². The molecular weight excluding hydrogens is 475 g/mol. The summed E-state index contributed by atoms with van der Waals surface area (Å²) in [6.07, 6.45) is 40.4. The first kappa shape index (κ1) is 31.4. The normalized spacial score (nSPS) is 41.4. The summed E-state index contributed by atoms with van der Waals surface area (Å²) >= 11 is 0. The van der Waals surface area contributed by atoms with Crippen molar-refractivity contribution in [3.05, 3.63) is 0 Å². The van der Waals surface area contributed by atoms with E-state index in [2.05, 4.69) is 6.92 Å². The lowest BCUT2D eigenvalue weighted by atomic mass is 9.44. The van der Waals surface area contributed by atoms with Gasteiger partial charge in [0, 0.05) is 0 Å². The van der Waals surface area contributed by atoms with Gasteiger partial charge >= 0.3 is 0 Å². The Kier molecular flexibility index (Phi) is 13.8. The standard InChI is InChI=1S/C21H35P.2C5H10.C4H8.C2H6/c1-3-9-17-15(7-1)13-16-8-2-4-10-18(16)21(17)14-22-20-12-6-5-11-19(20)21;1-5-3-2-4-5;1-2-4-5-3-1;1-2-4-3-1;1-2/h15-20,22H,1-14H2;5H,2-4H2,1H3;1-5H2;1-4H2;1-2H3. The zero-order valence-corrected chi connectivity index (χ0v) is 27.4. The molecule has 8 rings (SSSR count). The summed E-state index contributed by atoms with van der Waals surface area (Å²) in [5.41, 5.74) is 2.04. The first-order valence-electron chi connectivity index (χ1n) is 18.5. The van der Waals surface area contributed by atoms with Crippen molar-refractivity contribution in [1.82, 2.24) is 0 Å². The van der Waals surface area contributed by atoms with Crippen LogP contribution in [0.15, 0.2) is 0 Å². The summed E-state index contributed by atoms with van der Waals surface area (Å²) in [6, 6.07) is 0. The lowest BCUT2D eigenvalue weighted by molar-refractivity contribution is -0.111. The minimum atomic E-state index is 0.859. The molecule has 8 aliphatic rings. The van der Waals surface area contributed by atoms with E-state index in [0.717, 1.165) is 23.2 Å². The summed E-state index contributed by atoms with van der Waals surface area (Å²) < 4.78 is 0. The highest BCUT2D eigenvalue weighted by atomic mass is 31.1. The maximum Gasteiger partial charge on any atom is -0.0164 e. The molecule has 1 heteroatoms. The van der Waals surface area contributed by atoms with Crippen LogP contribution in [0.4, 0.5) is 0 Å². The maximum absolute atomic E-state index is 2.31. The molecular formula is C37H69P. The van der Waals surface area contributed by atoms with Gasteiger partial charge in [0.1, 0.15) is 0 Å². The van der Waals surface area contributed by atoms with E-state index < -0.39 is 0 Å². The molecule has 1 aliphatic heterocycles. The van der Waals surface area contributed by atoms with Gasteiger partial charge in [0.25, 0.3) is 0 Å². The summed E-state index contributed by atoms with van der Waals surface area (Å²) in [7, 11) is 1.35. The average molecular weight is 545 g/mol. The van der Waals surface area contributed by atoms with E-state index in [9.17, 15) is 0 Å². The Balaban J connectivity index is 0.000000170. The van der Waals surface area contributed by atoms with Gasteiger partial charge in [0.2, 0.25) is 0 Å². The van der Waals surface area contributed by atoms with Crippen LogP contribution in [-0.2, 0) is 0 Å². The largest absolute Gasteiger partial charge is 0.118 e. The molecule has 0 bridgehead atoms. The molecule has 7 atom stereocenters. The Bertz CT molecular complexity index is 581. The molecule has 0 aromatic rings. The van der Waals surface area contributed by atoms with Crippen LogP contribution in [0, 0.1) is 40.9 Å². The quantitative estimate of drug-likeness (QED) is 0.266. The zero-order chi connectivity index (χ0) is 26.6. The molecule has 1 saturated heterocycles. The van der Waals surface area contributed by atoms with Gasteiger partial charge in [0.15, 0.2) is 0 Å². The van der Waals surface area contributed by atoms with Gasteiger partial charge < -0.3 is 0 Å². The second-order valence-corrected chi connectivity index (χ2v) is 16.2. The fraction of sp³-hybridized carbons (Fsp3) is 1.00. The maximum atomic E-state index is 2.31. The Hall–Kier alpha value is 0.430. The second kappa shape index (κ2) is 16.8. The molecule has 8 fully saturated rings. The van der Waals surface area contributed by atoms with Crippen LogP contribution in [0.5, 0.6) is 0 Å². The van der Waals surface area contributed by atoms with Gasteiger partial charge in [-0.05, 0) is 84.8 Å². The highest BCUT2D eigenvalue weighted by Gasteiger charge is 2.62. The molecule has 0 nitrogen and oxygen atoms in total. The van der Waals surface area contributed by atoms with E-state index in [4.69, 9.17) is 0 Å². The topological polar surface area (TPSA) is 0 Å². The van der Waals surface area contributed by atoms with Crippen molar-refractivity contribution in [2.45, 2.75) is 187 Å². The summed E-state index contributed by atoms with van der Waals surface area (Å²) in [4.78, 5) is 0. The smallest absolute Gasteiger partial charge is 0.0164 e. The van der Waals surface area contributed by atoms with Gasteiger partial charge in [-0.2, -0.15) is 0 Å². The van der Waals surface area contributed by atoms with Crippen LogP contribution in [0.1, 0.15) is 181 Å². The Morgan fingerprint density at radius 2 is 0.842 bits per heavy atom. The van der Waals surface area contributed by atoms with Gasteiger partial charge in [-0.3, -0.25) is 0 Å². The van der Waals surface area contributed by atoms with Crippen LogP contribution in [-0.4, -0.2) is 11.8 Å². The molecule has 7 aliphatic carbocycles.